The molecule has 4 heteroatoms. The van der Waals surface area contributed by atoms with Gasteiger partial charge < -0.3 is 10.5 Å². The molecule has 0 bridgehead atoms. The van der Waals surface area contributed by atoms with E-state index in [9.17, 15) is 4.79 Å². The number of carbonyl (C=O) groups excluding carboxylic acids is 1. The van der Waals surface area contributed by atoms with Gasteiger partial charge in [-0.1, -0.05) is 42.0 Å². The Bertz CT molecular complexity index is 485. The molecular weight excluding hydrogens is 252 g/mol. The molecule has 0 saturated carbocycles. The lowest BCUT2D eigenvalue weighted by molar-refractivity contribution is -0.135. The number of carbonyl (C=O) groups is 1. The quantitative estimate of drug-likeness (QED) is 0.908. The Morgan fingerprint density at radius 3 is 2.80 bits per heavy atom. The van der Waals surface area contributed by atoms with Crippen molar-refractivity contribution in [3.05, 3.63) is 41.5 Å². The summed E-state index contributed by atoms with van der Waals surface area (Å²) in [5.41, 5.74) is 7.87. The van der Waals surface area contributed by atoms with Crippen LogP contribution in [0.1, 0.15) is 19.4 Å². The number of hydrogen-bond donors (Lipinski definition) is 1. The number of nitrogens with two attached hydrogens (primary N) is 1. The zero-order valence-corrected chi connectivity index (χ0v) is 12.1. The molecule has 2 N–H and O–H groups in total. The van der Waals surface area contributed by atoms with Crippen molar-refractivity contribution in [3.63, 3.8) is 0 Å². The van der Waals surface area contributed by atoms with E-state index in [1.165, 1.54) is 11.1 Å². The summed E-state index contributed by atoms with van der Waals surface area (Å²) in [5, 5.41) is 0. The van der Waals surface area contributed by atoms with Gasteiger partial charge >= 0.3 is 0 Å². The number of amides is 1. The third kappa shape index (κ3) is 3.68. The van der Waals surface area contributed by atoms with Crippen molar-refractivity contribution in [1.82, 2.24) is 4.90 Å². The van der Waals surface area contributed by atoms with Crippen LogP contribution >= 0.6 is 0 Å². The lowest BCUT2D eigenvalue weighted by Gasteiger charge is -2.38. The van der Waals surface area contributed by atoms with E-state index < -0.39 is 0 Å². The molecule has 1 amide bonds. The largest absolute Gasteiger partial charge is 0.375 e. The van der Waals surface area contributed by atoms with Crippen molar-refractivity contribution in [1.29, 1.82) is 0 Å². The van der Waals surface area contributed by atoms with E-state index in [1.807, 2.05) is 25.1 Å². The van der Waals surface area contributed by atoms with Gasteiger partial charge in [0.1, 0.15) is 6.04 Å². The molecule has 0 aromatic heterocycles. The van der Waals surface area contributed by atoms with E-state index in [1.54, 1.807) is 0 Å². The van der Waals surface area contributed by atoms with Gasteiger partial charge in [-0.3, -0.25) is 9.69 Å². The predicted molar refractivity (Wildman–Crippen MR) is 80.1 cm³/mol. The number of benzene rings is 1. The second-order valence-electron chi connectivity index (χ2n) is 5.29. The monoisotopic (exact) mass is 274 g/mol. The Balaban J connectivity index is 2.07. The molecule has 1 heterocycles. The zero-order chi connectivity index (χ0) is 14.5. The van der Waals surface area contributed by atoms with Crippen LogP contribution in [0, 0.1) is 0 Å². The van der Waals surface area contributed by atoms with Crippen LogP contribution in [0.3, 0.4) is 0 Å². The number of primary amides is 1. The van der Waals surface area contributed by atoms with Gasteiger partial charge in [-0.05, 0) is 19.4 Å². The highest BCUT2D eigenvalue weighted by atomic mass is 16.5. The van der Waals surface area contributed by atoms with Crippen LogP contribution < -0.4 is 5.73 Å². The molecule has 1 aromatic carbocycles. The summed E-state index contributed by atoms with van der Waals surface area (Å²) in [7, 11) is 0. The molecule has 0 spiro atoms. The maximum atomic E-state index is 11.6. The summed E-state index contributed by atoms with van der Waals surface area (Å²) in [6, 6.07) is 9.82. The highest BCUT2D eigenvalue weighted by Crippen LogP contribution is 2.16. The summed E-state index contributed by atoms with van der Waals surface area (Å²) < 4.78 is 5.52. The molecule has 2 rings (SSSR count). The van der Waals surface area contributed by atoms with E-state index in [2.05, 4.69) is 30.0 Å². The maximum Gasteiger partial charge on any atom is 0.237 e. The van der Waals surface area contributed by atoms with Gasteiger partial charge in [0.25, 0.3) is 0 Å². The Hall–Kier alpha value is -1.65. The van der Waals surface area contributed by atoms with Gasteiger partial charge in [0.2, 0.25) is 5.91 Å². The zero-order valence-electron chi connectivity index (χ0n) is 12.1. The normalized spacial score (nSPS) is 24.6. The number of rotatable bonds is 4. The van der Waals surface area contributed by atoms with Crippen LogP contribution in [0.4, 0.5) is 0 Å². The third-order valence-corrected chi connectivity index (χ3v) is 3.55. The minimum absolute atomic E-state index is 0.147. The first kappa shape index (κ1) is 14.8. The number of morpholine rings is 1. The minimum atomic E-state index is -0.345. The first-order valence-corrected chi connectivity index (χ1v) is 6.95. The second-order valence-corrected chi connectivity index (χ2v) is 5.29. The van der Waals surface area contributed by atoms with Crippen molar-refractivity contribution in [2.24, 2.45) is 5.73 Å². The van der Waals surface area contributed by atoms with Crippen molar-refractivity contribution < 1.29 is 9.53 Å². The van der Waals surface area contributed by atoms with Gasteiger partial charge in [0.15, 0.2) is 0 Å². The molecule has 2 atom stereocenters. The first-order chi connectivity index (χ1) is 9.58. The SMILES string of the molecule is C/C(=C\c1ccccc1)CN1CCO[C@H](C)[C@H]1C(N)=O. The fourth-order valence-electron chi connectivity index (χ4n) is 2.67. The average molecular weight is 274 g/mol. The van der Waals surface area contributed by atoms with Gasteiger partial charge in [-0.25, -0.2) is 0 Å². The average Bonchev–Trinajstić information content (AvgIpc) is 2.39. The molecule has 0 unspecified atom stereocenters. The van der Waals surface area contributed by atoms with Crippen LogP contribution in [0.5, 0.6) is 0 Å². The number of hydrogen-bond acceptors (Lipinski definition) is 3. The van der Waals surface area contributed by atoms with Crippen molar-refractivity contribution in [3.8, 4) is 0 Å². The molecule has 0 radical (unpaired) electrons. The summed E-state index contributed by atoms with van der Waals surface area (Å²) in [6.07, 6.45) is 1.99. The van der Waals surface area contributed by atoms with Crippen LogP contribution in [0.15, 0.2) is 35.9 Å². The topological polar surface area (TPSA) is 55.6 Å². The predicted octanol–water partition coefficient (Wildman–Crippen LogP) is 1.66. The number of ether oxygens (including phenoxy) is 1. The molecule has 1 fully saturated rings. The summed E-state index contributed by atoms with van der Waals surface area (Å²) >= 11 is 0. The Morgan fingerprint density at radius 1 is 1.45 bits per heavy atom. The summed E-state index contributed by atoms with van der Waals surface area (Å²) in [6.45, 7) is 6.08. The van der Waals surface area contributed by atoms with Crippen molar-refractivity contribution >= 4 is 12.0 Å². The standard InChI is InChI=1S/C16H22N2O2/c1-12(10-14-6-4-3-5-7-14)11-18-8-9-20-13(2)15(18)16(17)19/h3-7,10,13,15H,8-9,11H2,1-2H3,(H2,17,19)/b12-10+/t13-,15+/m1/s1. The first-order valence-electron chi connectivity index (χ1n) is 6.95. The summed E-state index contributed by atoms with van der Waals surface area (Å²) in [4.78, 5) is 13.7. The van der Waals surface area contributed by atoms with Gasteiger partial charge in [0, 0.05) is 13.1 Å². The lowest BCUT2D eigenvalue weighted by atomic mass is 10.1. The van der Waals surface area contributed by atoms with Gasteiger partial charge in [-0.15, -0.1) is 0 Å². The Morgan fingerprint density at radius 2 is 2.15 bits per heavy atom. The molecule has 1 aliphatic heterocycles. The second kappa shape index (κ2) is 6.68. The third-order valence-electron chi connectivity index (χ3n) is 3.55. The fraction of sp³-hybridized carbons (Fsp3) is 0.438. The van der Waals surface area contributed by atoms with E-state index >= 15 is 0 Å². The minimum Gasteiger partial charge on any atom is -0.375 e. The highest BCUT2D eigenvalue weighted by Gasteiger charge is 2.33. The van der Waals surface area contributed by atoms with Gasteiger partial charge in [-0.2, -0.15) is 0 Å². The van der Waals surface area contributed by atoms with E-state index in [-0.39, 0.29) is 18.1 Å². The molecule has 20 heavy (non-hydrogen) atoms. The molecular formula is C16H22N2O2. The van der Waals surface area contributed by atoms with E-state index in [0.717, 1.165) is 13.1 Å². The molecule has 0 aliphatic carbocycles. The number of nitrogens with zero attached hydrogens (tertiary/aromatic N) is 1. The highest BCUT2D eigenvalue weighted by molar-refractivity contribution is 5.80. The van der Waals surface area contributed by atoms with E-state index in [0.29, 0.717) is 6.61 Å². The van der Waals surface area contributed by atoms with Crippen molar-refractivity contribution in [2.75, 3.05) is 19.7 Å². The molecule has 4 nitrogen and oxygen atoms in total. The molecule has 1 aromatic rings. The van der Waals surface area contributed by atoms with Crippen LogP contribution in [-0.4, -0.2) is 42.6 Å². The summed E-state index contributed by atoms with van der Waals surface area (Å²) in [5.74, 6) is -0.315. The smallest absolute Gasteiger partial charge is 0.237 e. The van der Waals surface area contributed by atoms with Crippen LogP contribution in [0.25, 0.3) is 6.08 Å². The Kier molecular flexibility index (Phi) is 4.93. The molecule has 1 aliphatic rings. The lowest BCUT2D eigenvalue weighted by Crippen LogP contribution is -2.56. The fourth-order valence-corrected chi connectivity index (χ4v) is 2.67. The van der Waals surface area contributed by atoms with Crippen LogP contribution in [-0.2, 0) is 9.53 Å². The van der Waals surface area contributed by atoms with E-state index in [4.69, 9.17) is 10.5 Å². The van der Waals surface area contributed by atoms with Crippen LogP contribution in [0.2, 0.25) is 0 Å². The van der Waals surface area contributed by atoms with Gasteiger partial charge in [0.05, 0.1) is 12.7 Å². The Labute approximate surface area is 120 Å². The molecule has 108 valence electrons. The van der Waals surface area contributed by atoms with Crippen molar-refractivity contribution in [2.45, 2.75) is 26.0 Å². The maximum absolute atomic E-state index is 11.6. The molecule has 1 saturated heterocycles.